The van der Waals surface area contributed by atoms with E-state index in [1.54, 1.807) is 6.92 Å². The van der Waals surface area contributed by atoms with Gasteiger partial charge in [0.15, 0.2) is 0 Å². The van der Waals surface area contributed by atoms with Crippen molar-refractivity contribution in [1.82, 2.24) is 5.32 Å². The zero-order chi connectivity index (χ0) is 14.3. The normalized spacial score (nSPS) is 12.9. The summed E-state index contributed by atoms with van der Waals surface area (Å²) in [5.74, 6) is 0.459. The summed E-state index contributed by atoms with van der Waals surface area (Å²) in [7, 11) is 0. The Morgan fingerprint density at radius 1 is 1.26 bits per heavy atom. The zero-order valence-corrected chi connectivity index (χ0v) is 11.9. The van der Waals surface area contributed by atoms with Crippen molar-refractivity contribution in [3.8, 4) is 0 Å². The van der Waals surface area contributed by atoms with Crippen molar-refractivity contribution < 1.29 is 9.90 Å². The standard InChI is InChI=1S/C16H23NO2/c1-12(2)15-9-7-14(8-10-15)5-4-6-16(19)17-11-13(3)18/h4-5,7-10,12-13,18H,6,11H2,1-3H3,(H,17,19)/b5-4+. The maximum atomic E-state index is 11.4. The van der Waals surface area contributed by atoms with Crippen molar-refractivity contribution in [2.24, 2.45) is 0 Å². The Balaban J connectivity index is 2.42. The lowest BCUT2D eigenvalue weighted by atomic mass is 10.0. The third-order valence-electron chi connectivity index (χ3n) is 2.81. The summed E-state index contributed by atoms with van der Waals surface area (Å²) in [6, 6.07) is 8.33. The molecule has 0 radical (unpaired) electrons. The molecule has 3 nitrogen and oxygen atoms in total. The lowest BCUT2D eigenvalue weighted by Crippen LogP contribution is -2.29. The minimum Gasteiger partial charge on any atom is -0.392 e. The van der Waals surface area contributed by atoms with Crippen molar-refractivity contribution >= 4 is 12.0 Å². The number of aliphatic hydroxyl groups excluding tert-OH is 1. The summed E-state index contributed by atoms with van der Waals surface area (Å²) in [5.41, 5.74) is 2.40. The van der Waals surface area contributed by atoms with Gasteiger partial charge in [-0.1, -0.05) is 50.3 Å². The number of hydrogen-bond donors (Lipinski definition) is 2. The van der Waals surface area contributed by atoms with Crippen LogP contribution >= 0.6 is 0 Å². The second-order valence-corrected chi connectivity index (χ2v) is 5.08. The Bertz CT molecular complexity index is 419. The van der Waals surface area contributed by atoms with E-state index in [1.807, 2.05) is 12.2 Å². The number of carbonyl (C=O) groups is 1. The van der Waals surface area contributed by atoms with Crippen molar-refractivity contribution in [2.75, 3.05) is 6.54 Å². The van der Waals surface area contributed by atoms with Crippen molar-refractivity contribution in [1.29, 1.82) is 0 Å². The van der Waals surface area contributed by atoms with E-state index < -0.39 is 6.10 Å². The summed E-state index contributed by atoms with van der Waals surface area (Å²) >= 11 is 0. The van der Waals surface area contributed by atoms with Gasteiger partial charge in [0.1, 0.15) is 0 Å². The lowest BCUT2D eigenvalue weighted by molar-refractivity contribution is -0.120. The maximum absolute atomic E-state index is 11.4. The van der Waals surface area contributed by atoms with Crippen LogP contribution in [-0.4, -0.2) is 23.7 Å². The van der Waals surface area contributed by atoms with Crippen molar-refractivity contribution in [2.45, 2.75) is 39.2 Å². The molecule has 1 aromatic rings. The van der Waals surface area contributed by atoms with Gasteiger partial charge in [-0.2, -0.15) is 0 Å². The summed E-state index contributed by atoms with van der Waals surface area (Å²) < 4.78 is 0. The molecule has 0 fully saturated rings. The summed E-state index contributed by atoms with van der Waals surface area (Å²) in [4.78, 5) is 11.4. The topological polar surface area (TPSA) is 49.3 Å². The zero-order valence-electron chi connectivity index (χ0n) is 11.9. The van der Waals surface area contributed by atoms with Crippen molar-refractivity contribution in [3.63, 3.8) is 0 Å². The summed E-state index contributed by atoms with van der Waals surface area (Å²) in [5, 5.41) is 11.7. The minimum atomic E-state index is -0.503. The Morgan fingerprint density at radius 2 is 1.89 bits per heavy atom. The number of aliphatic hydroxyl groups is 1. The largest absolute Gasteiger partial charge is 0.392 e. The molecule has 1 rings (SSSR count). The monoisotopic (exact) mass is 261 g/mol. The number of amides is 1. The molecule has 0 saturated heterocycles. The van der Waals surface area contributed by atoms with E-state index in [9.17, 15) is 4.79 Å². The Hall–Kier alpha value is -1.61. The average Bonchev–Trinajstić information content (AvgIpc) is 2.37. The molecule has 3 heteroatoms. The molecular weight excluding hydrogens is 238 g/mol. The number of benzene rings is 1. The number of nitrogens with one attached hydrogen (secondary N) is 1. The number of hydrogen-bond acceptors (Lipinski definition) is 2. The molecule has 1 atom stereocenters. The van der Waals surface area contributed by atoms with Crippen LogP contribution in [0.5, 0.6) is 0 Å². The van der Waals surface area contributed by atoms with Gasteiger partial charge >= 0.3 is 0 Å². The molecule has 0 spiro atoms. The van der Waals surface area contributed by atoms with Crippen LogP contribution in [0.15, 0.2) is 30.3 Å². The molecule has 1 aromatic carbocycles. The van der Waals surface area contributed by atoms with Gasteiger partial charge in [0.25, 0.3) is 0 Å². The molecule has 0 aliphatic rings. The Morgan fingerprint density at radius 3 is 2.42 bits per heavy atom. The number of carbonyl (C=O) groups excluding carboxylic acids is 1. The van der Waals surface area contributed by atoms with Gasteiger partial charge < -0.3 is 10.4 Å². The van der Waals surface area contributed by atoms with Crippen LogP contribution in [0.3, 0.4) is 0 Å². The second kappa shape index (κ2) is 7.74. The molecule has 2 N–H and O–H groups in total. The molecule has 0 aliphatic carbocycles. The first-order valence-corrected chi connectivity index (χ1v) is 6.70. The van der Waals surface area contributed by atoms with Gasteiger partial charge in [-0.3, -0.25) is 4.79 Å². The van der Waals surface area contributed by atoms with Crippen molar-refractivity contribution in [3.05, 3.63) is 41.5 Å². The van der Waals surface area contributed by atoms with E-state index in [1.165, 1.54) is 5.56 Å². The van der Waals surface area contributed by atoms with Gasteiger partial charge in [0, 0.05) is 13.0 Å². The molecular formula is C16H23NO2. The molecule has 0 saturated carbocycles. The molecule has 104 valence electrons. The van der Waals surface area contributed by atoms with Crippen LogP contribution < -0.4 is 5.32 Å². The van der Waals surface area contributed by atoms with E-state index in [0.717, 1.165) is 5.56 Å². The SMILES string of the molecule is CC(O)CNC(=O)C/C=C/c1ccc(C(C)C)cc1. The number of rotatable bonds is 6. The van der Waals surface area contributed by atoms with E-state index in [4.69, 9.17) is 5.11 Å². The first-order chi connectivity index (χ1) is 8.99. The van der Waals surface area contributed by atoms with Crippen LogP contribution in [-0.2, 0) is 4.79 Å². The van der Waals surface area contributed by atoms with Crippen LogP contribution in [0.25, 0.3) is 6.08 Å². The van der Waals surface area contributed by atoms with E-state index in [2.05, 4.69) is 43.4 Å². The Labute approximate surface area is 115 Å². The van der Waals surface area contributed by atoms with Crippen LogP contribution in [0.1, 0.15) is 44.2 Å². The van der Waals surface area contributed by atoms with E-state index >= 15 is 0 Å². The minimum absolute atomic E-state index is 0.0732. The lowest BCUT2D eigenvalue weighted by Gasteiger charge is -2.05. The van der Waals surface area contributed by atoms with E-state index in [0.29, 0.717) is 18.9 Å². The highest BCUT2D eigenvalue weighted by atomic mass is 16.3. The van der Waals surface area contributed by atoms with Gasteiger partial charge in [0.2, 0.25) is 5.91 Å². The molecule has 19 heavy (non-hydrogen) atoms. The molecule has 0 heterocycles. The molecule has 0 bridgehead atoms. The molecule has 0 aromatic heterocycles. The fraction of sp³-hybridized carbons (Fsp3) is 0.438. The highest BCUT2D eigenvalue weighted by Gasteiger charge is 2.00. The summed E-state index contributed by atoms with van der Waals surface area (Å²) in [6.45, 7) is 6.27. The molecule has 1 amide bonds. The quantitative estimate of drug-likeness (QED) is 0.827. The summed E-state index contributed by atoms with van der Waals surface area (Å²) in [6.07, 6.45) is 3.60. The van der Waals surface area contributed by atoms with Gasteiger partial charge in [0.05, 0.1) is 6.10 Å². The van der Waals surface area contributed by atoms with Gasteiger partial charge in [-0.15, -0.1) is 0 Å². The van der Waals surface area contributed by atoms with Crippen LogP contribution in [0.2, 0.25) is 0 Å². The highest BCUT2D eigenvalue weighted by Crippen LogP contribution is 2.15. The van der Waals surface area contributed by atoms with Gasteiger partial charge in [-0.05, 0) is 24.0 Å². The first-order valence-electron chi connectivity index (χ1n) is 6.70. The smallest absolute Gasteiger partial charge is 0.223 e. The average molecular weight is 261 g/mol. The molecule has 0 aliphatic heterocycles. The van der Waals surface area contributed by atoms with Gasteiger partial charge in [-0.25, -0.2) is 0 Å². The second-order valence-electron chi connectivity index (χ2n) is 5.08. The predicted molar refractivity (Wildman–Crippen MR) is 78.9 cm³/mol. The fourth-order valence-corrected chi connectivity index (χ4v) is 1.63. The van der Waals surface area contributed by atoms with Crippen LogP contribution in [0, 0.1) is 0 Å². The first kappa shape index (κ1) is 15.4. The molecule has 1 unspecified atom stereocenters. The predicted octanol–water partition coefficient (Wildman–Crippen LogP) is 2.71. The maximum Gasteiger partial charge on any atom is 0.223 e. The fourth-order valence-electron chi connectivity index (χ4n) is 1.63. The highest BCUT2D eigenvalue weighted by molar-refractivity contribution is 5.78. The van der Waals surface area contributed by atoms with Crippen LogP contribution in [0.4, 0.5) is 0 Å². The van der Waals surface area contributed by atoms with E-state index in [-0.39, 0.29) is 5.91 Å². The third-order valence-corrected chi connectivity index (χ3v) is 2.81. The third kappa shape index (κ3) is 6.20. The Kier molecular flexibility index (Phi) is 6.30.